The Morgan fingerprint density at radius 2 is 1.74 bits per heavy atom. The molecule has 2 fully saturated rings. The molecule has 0 spiro atoms. The van der Waals surface area contributed by atoms with Crippen molar-refractivity contribution in [3.63, 3.8) is 0 Å². The Bertz CT molecular complexity index is 987. The second kappa shape index (κ2) is 8.49. The Morgan fingerprint density at radius 3 is 2.58 bits per heavy atom. The minimum absolute atomic E-state index is 0.0545. The molecule has 1 atom stereocenters. The number of para-hydroxylation sites is 2. The number of nitrogens with one attached hydrogen (secondary N) is 1. The number of benzene rings is 2. The van der Waals surface area contributed by atoms with Crippen LogP contribution < -0.4 is 24.6 Å². The van der Waals surface area contributed by atoms with E-state index in [-0.39, 0.29) is 18.2 Å². The van der Waals surface area contributed by atoms with E-state index >= 15 is 0 Å². The summed E-state index contributed by atoms with van der Waals surface area (Å²) in [5.41, 5.74) is 2.61. The van der Waals surface area contributed by atoms with Crippen molar-refractivity contribution in [1.82, 2.24) is 0 Å². The molecule has 1 N–H and O–H groups in total. The molecule has 7 nitrogen and oxygen atoms in total. The lowest BCUT2D eigenvalue weighted by Gasteiger charge is -2.30. The van der Waals surface area contributed by atoms with Crippen LogP contribution in [0.1, 0.15) is 25.7 Å². The van der Waals surface area contributed by atoms with Crippen molar-refractivity contribution >= 4 is 28.9 Å². The van der Waals surface area contributed by atoms with Crippen LogP contribution in [0.3, 0.4) is 0 Å². The monoisotopic (exact) mass is 421 g/mol. The van der Waals surface area contributed by atoms with Gasteiger partial charge >= 0.3 is 0 Å². The summed E-state index contributed by atoms with van der Waals surface area (Å²) in [6, 6.07) is 13.4. The maximum atomic E-state index is 13.1. The van der Waals surface area contributed by atoms with Gasteiger partial charge < -0.3 is 24.6 Å². The molecule has 0 radical (unpaired) electrons. The van der Waals surface area contributed by atoms with Crippen LogP contribution in [-0.4, -0.2) is 44.7 Å². The topological polar surface area (TPSA) is 71.1 Å². The van der Waals surface area contributed by atoms with Crippen molar-refractivity contribution in [2.24, 2.45) is 5.92 Å². The summed E-state index contributed by atoms with van der Waals surface area (Å²) >= 11 is 0. The van der Waals surface area contributed by atoms with Gasteiger partial charge in [0.15, 0.2) is 11.5 Å². The summed E-state index contributed by atoms with van der Waals surface area (Å²) in [6.07, 6.45) is 3.80. The van der Waals surface area contributed by atoms with E-state index in [9.17, 15) is 9.59 Å². The molecule has 162 valence electrons. The van der Waals surface area contributed by atoms with Crippen molar-refractivity contribution in [2.75, 3.05) is 48.0 Å². The molecule has 2 aromatic rings. The number of anilines is 3. The highest BCUT2D eigenvalue weighted by molar-refractivity contribution is 6.04. The molecule has 0 aliphatic carbocycles. The Hall–Kier alpha value is -3.22. The number of amides is 2. The van der Waals surface area contributed by atoms with Crippen LogP contribution in [0.15, 0.2) is 42.5 Å². The molecule has 3 aliphatic heterocycles. The molecule has 3 aliphatic rings. The number of hydrogen-bond donors (Lipinski definition) is 1. The fourth-order valence-electron chi connectivity index (χ4n) is 4.56. The molecule has 2 aromatic carbocycles. The summed E-state index contributed by atoms with van der Waals surface area (Å²) in [7, 11) is 0. The molecular formula is C24H27N3O4. The molecule has 7 heteroatoms. The fourth-order valence-corrected chi connectivity index (χ4v) is 4.56. The zero-order valence-electron chi connectivity index (χ0n) is 17.5. The highest BCUT2D eigenvalue weighted by Gasteiger charge is 2.36. The second-order valence-electron chi connectivity index (χ2n) is 8.29. The third-order valence-corrected chi connectivity index (χ3v) is 6.19. The molecule has 2 amide bonds. The molecular weight excluding hydrogens is 394 g/mol. The first-order valence-corrected chi connectivity index (χ1v) is 11.0. The SMILES string of the molecule is O=C(Nc1ccccc1N1CCCCC1)[C@@H]1CC(=O)N(c2ccc3c(c2)OCCO3)C1. The van der Waals surface area contributed by atoms with Crippen molar-refractivity contribution in [2.45, 2.75) is 25.7 Å². The Labute approximate surface area is 181 Å². The molecule has 0 bridgehead atoms. The van der Waals surface area contributed by atoms with Crippen molar-refractivity contribution in [3.8, 4) is 11.5 Å². The zero-order valence-corrected chi connectivity index (χ0v) is 17.5. The summed E-state index contributed by atoms with van der Waals surface area (Å²) in [4.78, 5) is 29.7. The first-order chi connectivity index (χ1) is 15.2. The number of carbonyl (C=O) groups is 2. The molecule has 5 rings (SSSR count). The highest BCUT2D eigenvalue weighted by atomic mass is 16.6. The van der Waals surface area contributed by atoms with E-state index in [4.69, 9.17) is 9.47 Å². The number of fused-ring (bicyclic) bond motifs is 1. The van der Waals surface area contributed by atoms with E-state index in [2.05, 4.69) is 16.3 Å². The van der Waals surface area contributed by atoms with Crippen LogP contribution in [0.4, 0.5) is 17.1 Å². The fraction of sp³-hybridized carbons (Fsp3) is 0.417. The highest BCUT2D eigenvalue weighted by Crippen LogP contribution is 2.36. The van der Waals surface area contributed by atoms with Gasteiger partial charge in [-0.2, -0.15) is 0 Å². The third kappa shape index (κ3) is 4.04. The first-order valence-electron chi connectivity index (χ1n) is 11.0. The Kier molecular flexibility index (Phi) is 5.40. The molecule has 31 heavy (non-hydrogen) atoms. The van der Waals surface area contributed by atoms with Crippen LogP contribution in [0.5, 0.6) is 11.5 Å². The van der Waals surface area contributed by atoms with Gasteiger partial charge in [0.1, 0.15) is 13.2 Å². The van der Waals surface area contributed by atoms with Crippen LogP contribution >= 0.6 is 0 Å². The van der Waals surface area contributed by atoms with Gasteiger partial charge in [0.25, 0.3) is 0 Å². The molecule has 0 aromatic heterocycles. The predicted octanol–water partition coefficient (Wildman–Crippen LogP) is 3.44. The smallest absolute Gasteiger partial charge is 0.229 e. The van der Waals surface area contributed by atoms with Gasteiger partial charge in [0, 0.05) is 37.8 Å². The second-order valence-corrected chi connectivity index (χ2v) is 8.29. The molecule has 0 saturated carbocycles. The van der Waals surface area contributed by atoms with E-state index in [1.54, 1.807) is 4.90 Å². The van der Waals surface area contributed by atoms with E-state index in [0.717, 1.165) is 30.2 Å². The third-order valence-electron chi connectivity index (χ3n) is 6.19. The van der Waals surface area contributed by atoms with Gasteiger partial charge in [-0.25, -0.2) is 0 Å². The molecule has 0 unspecified atom stereocenters. The molecule has 2 saturated heterocycles. The van der Waals surface area contributed by atoms with E-state index in [1.165, 1.54) is 19.3 Å². The van der Waals surface area contributed by atoms with E-state index < -0.39 is 5.92 Å². The summed E-state index contributed by atoms with van der Waals surface area (Å²) in [5.74, 6) is 0.763. The maximum Gasteiger partial charge on any atom is 0.229 e. The van der Waals surface area contributed by atoms with Crippen molar-refractivity contribution < 1.29 is 19.1 Å². The summed E-state index contributed by atoms with van der Waals surface area (Å²) < 4.78 is 11.2. The average molecular weight is 421 g/mol. The lowest BCUT2D eigenvalue weighted by molar-refractivity contribution is -0.122. The minimum atomic E-state index is -0.393. The number of ether oxygens (including phenoxy) is 2. The standard InChI is InChI=1S/C24H27N3O4/c28-23-14-17(16-27(23)18-8-9-21-22(15-18)31-13-12-30-21)24(29)25-19-6-2-3-7-20(19)26-10-4-1-5-11-26/h2-3,6-9,15,17H,1,4-5,10-14,16H2,(H,25,29)/t17-/m1/s1. The van der Waals surface area contributed by atoms with Crippen LogP contribution in [0.2, 0.25) is 0 Å². The van der Waals surface area contributed by atoms with Crippen LogP contribution in [0.25, 0.3) is 0 Å². The van der Waals surface area contributed by atoms with E-state index in [1.807, 2.05) is 36.4 Å². The first kappa shape index (κ1) is 19.7. The van der Waals surface area contributed by atoms with Gasteiger partial charge in [0.05, 0.1) is 17.3 Å². The molecule has 3 heterocycles. The van der Waals surface area contributed by atoms with Crippen LogP contribution in [-0.2, 0) is 9.59 Å². The minimum Gasteiger partial charge on any atom is -0.486 e. The van der Waals surface area contributed by atoms with Gasteiger partial charge in [-0.3, -0.25) is 9.59 Å². The Balaban J connectivity index is 1.29. The van der Waals surface area contributed by atoms with Gasteiger partial charge in [-0.05, 0) is 43.5 Å². The normalized spacial score (nSPS) is 20.6. The van der Waals surface area contributed by atoms with E-state index in [0.29, 0.717) is 31.3 Å². The zero-order chi connectivity index (χ0) is 21.2. The number of hydrogen-bond acceptors (Lipinski definition) is 5. The van der Waals surface area contributed by atoms with Crippen molar-refractivity contribution in [1.29, 1.82) is 0 Å². The quantitative estimate of drug-likeness (QED) is 0.819. The lowest BCUT2D eigenvalue weighted by Crippen LogP contribution is -2.31. The number of carbonyl (C=O) groups excluding carboxylic acids is 2. The largest absolute Gasteiger partial charge is 0.486 e. The van der Waals surface area contributed by atoms with Gasteiger partial charge in [0.2, 0.25) is 11.8 Å². The van der Waals surface area contributed by atoms with Crippen LogP contribution in [0, 0.1) is 5.92 Å². The average Bonchev–Trinajstić information content (AvgIpc) is 3.21. The van der Waals surface area contributed by atoms with Crippen molar-refractivity contribution in [3.05, 3.63) is 42.5 Å². The summed E-state index contributed by atoms with van der Waals surface area (Å²) in [6.45, 7) is 3.39. The number of nitrogens with zero attached hydrogens (tertiary/aromatic N) is 2. The lowest BCUT2D eigenvalue weighted by atomic mass is 10.1. The maximum absolute atomic E-state index is 13.1. The summed E-state index contributed by atoms with van der Waals surface area (Å²) in [5, 5.41) is 3.09. The van der Waals surface area contributed by atoms with Gasteiger partial charge in [-0.15, -0.1) is 0 Å². The number of rotatable bonds is 4. The Morgan fingerprint density at radius 1 is 0.968 bits per heavy atom. The van der Waals surface area contributed by atoms with Gasteiger partial charge in [-0.1, -0.05) is 12.1 Å². The predicted molar refractivity (Wildman–Crippen MR) is 119 cm³/mol. The number of piperidine rings is 1.